The predicted octanol–water partition coefficient (Wildman–Crippen LogP) is 2.08. The number of aryl methyl sites for hydroxylation is 2. The molecule has 2 aromatic rings. The molecule has 0 atom stereocenters. The number of anilines is 1. The van der Waals surface area contributed by atoms with Crippen LogP contribution in [0.2, 0.25) is 0 Å². The summed E-state index contributed by atoms with van der Waals surface area (Å²) in [4.78, 5) is 15.9. The van der Waals surface area contributed by atoms with Crippen molar-refractivity contribution in [2.75, 3.05) is 5.73 Å². The van der Waals surface area contributed by atoms with E-state index in [0.29, 0.717) is 23.4 Å². The number of nitrogen functional groups attached to an aromatic ring is 1. The molecule has 0 unspecified atom stereocenters. The smallest absolute Gasteiger partial charge is 0.254 e. The Kier molecular flexibility index (Phi) is 3.69. The number of carbonyl (C=O) groups excluding carboxylic acids is 1. The van der Waals surface area contributed by atoms with Crippen molar-refractivity contribution in [3.05, 3.63) is 46.7 Å². The molecule has 0 aliphatic rings. The number of benzene rings is 1. The minimum atomic E-state index is -0.978. The minimum Gasteiger partial charge on any atom is -0.444 e. The van der Waals surface area contributed by atoms with Gasteiger partial charge in [0.25, 0.3) is 5.91 Å². The number of carbonyl (C=O) groups is 1. The van der Waals surface area contributed by atoms with E-state index in [1.54, 1.807) is 13.8 Å². The Morgan fingerprint density at radius 1 is 1.35 bits per heavy atom. The first kappa shape index (κ1) is 14.0. The van der Waals surface area contributed by atoms with Gasteiger partial charge in [-0.3, -0.25) is 4.79 Å². The topological polar surface area (TPSA) is 81.2 Å². The van der Waals surface area contributed by atoms with E-state index < -0.39 is 17.5 Å². The van der Waals surface area contributed by atoms with Gasteiger partial charge in [-0.25, -0.2) is 13.8 Å². The van der Waals surface area contributed by atoms with Crippen molar-refractivity contribution in [2.24, 2.45) is 0 Å². The zero-order valence-electron chi connectivity index (χ0n) is 11.0. The third-order valence-electron chi connectivity index (χ3n) is 2.80. The number of rotatable bonds is 3. The van der Waals surface area contributed by atoms with Crippen molar-refractivity contribution in [1.82, 2.24) is 10.3 Å². The summed E-state index contributed by atoms with van der Waals surface area (Å²) in [5, 5.41) is 2.43. The molecule has 0 bridgehead atoms. The van der Waals surface area contributed by atoms with E-state index in [1.165, 1.54) is 0 Å². The number of nitrogens with two attached hydrogens (primary N) is 1. The molecule has 1 amide bonds. The second-order valence-corrected chi connectivity index (χ2v) is 4.29. The summed E-state index contributed by atoms with van der Waals surface area (Å²) in [6, 6.07) is 1.52. The summed E-state index contributed by atoms with van der Waals surface area (Å²) >= 11 is 0. The number of nitrogens with zero attached hydrogens (tertiary/aromatic N) is 1. The summed E-state index contributed by atoms with van der Waals surface area (Å²) in [6.07, 6.45) is 0. The van der Waals surface area contributed by atoms with E-state index in [0.717, 1.165) is 6.07 Å². The lowest BCUT2D eigenvalue weighted by atomic mass is 10.1. The minimum absolute atomic E-state index is 0.00420. The van der Waals surface area contributed by atoms with Gasteiger partial charge < -0.3 is 15.5 Å². The number of halogens is 2. The van der Waals surface area contributed by atoms with Crippen LogP contribution in [-0.4, -0.2) is 10.9 Å². The summed E-state index contributed by atoms with van der Waals surface area (Å²) in [7, 11) is 0. The molecule has 1 aromatic heterocycles. The van der Waals surface area contributed by atoms with Crippen LogP contribution in [0.3, 0.4) is 0 Å². The molecule has 0 saturated heterocycles. The van der Waals surface area contributed by atoms with Crippen LogP contribution >= 0.6 is 0 Å². The van der Waals surface area contributed by atoms with Crippen LogP contribution in [0.5, 0.6) is 0 Å². The highest BCUT2D eigenvalue weighted by Gasteiger charge is 2.15. The van der Waals surface area contributed by atoms with E-state index in [2.05, 4.69) is 10.3 Å². The number of hydrogen-bond donors (Lipinski definition) is 2. The van der Waals surface area contributed by atoms with Crippen molar-refractivity contribution < 1.29 is 18.0 Å². The van der Waals surface area contributed by atoms with Crippen molar-refractivity contribution in [3.63, 3.8) is 0 Å². The van der Waals surface area contributed by atoms with Gasteiger partial charge in [0, 0.05) is 6.07 Å². The first-order valence-electron chi connectivity index (χ1n) is 5.84. The van der Waals surface area contributed by atoms with Gasteiger partial charge in [0.1, 0.15) is 17.4 Å². The average Bonchev–Trinajstić information content (AvgIpc) is 2.70. The van der Waals surface area contributed by atoms with Gasteiger partial charge in [-0.2, -0.15) is 0 Å². The number of amides is 1. The molecule has 3 N–H and O–H groups in total. The third-order valence-corrected chi connectivity index (χ3v) is 2.80. The van der Waals surface area contributed by atoms with Crippen molar-refractivity contribution in [3.8, 4) is 0 Å². The second-order valence-electron chi connectivity index (χ2n) is 4.29. The molecule has 0 radical (unpaired) electrons. The Morgan fingerprint density at radius 2 is 2.05 bits per heavy atom. The third kappa shape index (κ3) is 2.76. The van der Waals surface area contributed by atoms with Crippen LogP contribution in [0.1, 0.15) is 27.7 Å². The largest absolute Gasteiger partial charge is 0.444 e. The molecule has 7 heteroatoms. The average molecular weight is 281 g/mol. The molecule has 2 rings (SSSR count). The first-order chi connectivity index (χ1) is 9.38. The maximum Gasteiger partial charge on any atom is 0.254 e. The monoisotopic (exact) mass is 281 g/mol. The van der Waals surface area contributed by atoms with Gasteiger partial charge in [0.2, 0.25) is 5.89 Å². The molecular formula is C13H13F2N3O2. The lowest BCUT2D eigenvalue weighted by molar-refractivity contribution is 0.0943. The van der Waals surface area contributed by atoms with Gasteiger partial charge in [0.15, 0.2) is 0 Å². The molecule has 0 saturated carbocycles. The molecule has 5 nitrogen and oxygen atoms in total. The van der Waals surface area contributed by atoms with Gasteiger partial charge in [-0.05, 0) is 19.9 Å². The Hall–Kier alpha value is -2.44. The number of aromatic nitrogens is 1. The molecular weight excluding hydrogens is 268 g/mol. The van der Waals surface area contributed by atoms with Gasteiger partial charge >= 0.3 is 0 Å². The zero-order valence-corrected chi connectivity index (χ0v) is 11.0. The molecule has 0 spiro atoms. The Morgan fingerprint density at radius 3 is 2.65 bits per heavy atom. The molecule has 0 fully saturated rings. The van der Waals surface area contributed by atoms with E-state index in [9.17, 15) is 13.6 Å². The Balaban J connectivity index is 2.11. The van der Waals surface area contributed by atoms with Crippen molar-refractivity contribution in [2.45, 2.75) is 20.4 Å². The van der Waals surface area contributed by atoms with Crippen LogP contribution < -0.4 is 11.1 Å². The van der Waals surface area contributed by atoms with Gasteiger partial charge in [-0.1, -0.05) is 0 Å². The fourth-order valence-corrected chi connectivity index (χ4v) is 1.61. The Bertz CT molecular complexity index is 648. The van der Waals surface area contributed by atoms with Crippen LogP contribution in [0.4, 0.5) is 14.5 Å². The maximum atomic E-state index is 13.5. The highest BCUT2D eigenvalue weighted by Crippen LogP contribution is 2.16. The maximum absolute atomic E-state index is 13.5. The van der Waals surface area contributed by atoms with Gasteiger partial charge in [0.05, 0.1) is 23.5 Å². The number of hydrogen-bond acceptors (Lipinski definition) is 4. The highest BCUT2D eigenvalue weighted by atomic mass is 19.1. The molecule has 106 valence electrons. The lowest BCUT2D eigenvalue weighted by Gasteiger charge is -2.06. The summed E-state index contributed by atoms with van der Waals surface area (Å²) < 4.78 is 31.7. The highest BCUT2D eigenvalue weighted by molar-refractivity contribution is 5.95. The van der Waals surface area contributed by atoms with Crippen molar-refractivity contribution >= 4 is 11.6 Å². The van der Waals surface area contributed by atoms with Crippen LogP contribution in [0.15, 0.2) is 16.5 Å². The van der Waals surface area contributed by atoms with E-state index in [-0.39, 0.29) is 17.8 Å². The summed E-state index contributed by atoms with van der Waals surface area (Å²) in [6.45, 7) is 3.52. The molecule has 20 heavy (non-hydrogen) atoms. The second kappa shape index (κ2) is 5.28. The predicted molar refractivity (Wildman–Crippen MR) is 67.9 cm³/mol. The fourth-order valence-electron chi connectivity index (χ4n) is 1.61. The molecule has 1 aromatic carbocycles. The molecule has 0 aliphatic heterocycles. The van der Waals surface area contributed by atoms with Crippen LogP contribution in [-0.2, 0) is 6.54 Å². The quantitative estimate of drug-likeness (QED) is 0.844. The summed E-state index contributed by atoms with van der Waals surface area (Å²) in [5.74, 6) is -1.65. The van der Waals surface area contributed by atoms with Crippen LogP contribution in [0, 0.1) is 25.5 Å². The van der Waals surface area contributed by atoms with Crippen molar-refractivity contribution in [1.29, 1.82) is 0 Å². The van der Waals surface area contributed by atoms with Gasteiger partial charge in [-0.15, -0.1) is 0 Å². The standard InChI is InChI=1S/C13H13F2N3O2/c1-6-7(2)20-12(18-6)5-17-13(19)8-3-11(16)10(15)4-9(8)14/h3-4H,5,16H2,1-2H3,(H,17,19). The number of nitrogens with one attached hydrogen (secondary N) is 1. The van der Waals surface area contributed by atoms with E-state index >= 15 is 0 Å². The SMILES string of the molecule is Cc1nc(CNC(=O)c2cc(N)c(F)cc2F)oc1C. The molecule has 0 aliphatic carbocycles. The fraction of sp³-hybridized carbons (Fsp3) is 0.231. The van der Waals surface area contributed by atoms with Crippen LogP contribution in [0.25, 0.3) is 0 Å². The molecule has 1 heterocycles. The van der Waals surface area contributed by atoms with E-state index in [1.807, 2.05) is 0 Å². The normalized spacial score (nSPS) is 10.6. The number of oxazole rings is 1. The lowest BCUT2D eigenvalue weighted by Crippen LogP contribution is -2.24. The van der Waals surface area contributed by atoms with E-state index in [4.69, 9.17) is 10.2 Å². The Labute approximate surface area is 113 Å². The first-order valence-corrected chi connectivity index (χ1v) is 5.84. The summed E-state index contributed by atoms with van der Waals surface area (Å²) in [5.41, 5.74) is 5.40. The zero-order chi connectivity index (χ0) is 14.9.